The number of halogens is 1. The summed E-state index contributed by atoms with van der Waals surface area (Å²) < 4.78 is 5.50. The van der Waals surface area contributed by atoms with Crippen molar-refractivity contribution in [2.45, 2.75) is 24.7 Å². The van der Waals surface area contributed by atoms with Crippen molar-refractivity contribution in [3.05, 3.63) is 30.3 Å². The normalized spacial score (nSPS) is 10.9. The summed E-state index contributed by atoms with van der Waals surface area (Å²) in [5, 5.41) is 6.55. The number of guanidine groups is 1. The first-order valence-electron chi connectivity index (χ1n) is 7.57. The molecule has 22 heavy (non-hydrogen) atoms. The molecule has 126 valence electrons. The van der Waals surface area contributed by atoms with Crippen molar-refractivity contribution in [2.24, 2.45) is 4.99 Å². The molecule has 4 nitrogen and oxygen atoms in total. The van der Waals surface area contributed by atoms with Gasteiger partial charge in [0.25, 0.3) is 0 Å². The average molecular weight is 437 g/mol. The highest BCUT2D eigenvalue weighted by atomic mass is 127. The number of aliphatic imine (C=N–C) groups is 1. The lowest BCUT2D eigenvalue weighted by Crippen LogP contribution is -2.39. The van der Waals surface area contributed by atoms with Gasteiger partial charge in [0.15, 0.2) is 5.96 Å². The summed E-state index contributed by atoms with van der Waals surface area (Å²) in [5.74, 6) is 1.85. The first-order valence-corrected chi connectivity index (χ1v) is 8.55. The van der Waals surface area contributed by atoms with Crippen molar-refractivity contribution in [1.82, 2.24) is 10.6 Å². The molecule has 1 aromatic rings. The smallest absolute Gasteiger partial charge is 0.191 e. The van der Waals surface area contributed by atoms with Crippen molar-refractivity contribution in [1.29, 1.82) is 0 Å². The summed E-state index contributed by atoms with van der Waals surface area (Å²) >= 11 is 1.84. The van der Waals surface area contributed by atoms with E-state index < -0.39 is 0 Å². The van der Waals surface area contributed by atoms with E-state index >= 15 is 0 Å². The Morgan fingerprint density at radius 1 is 1.14 bits per heavy atom. The molecule has 0 fully saturated rings. The van der Waals surface area contributed by atoms with Gasteiger partial charge in [0.2, 0.25) is 0 Å². The van der Waals surface area contributed by atoms with Crippen LogP contribution in [0.5, 0.6) is 0 Å². The molecule has 0 saturated heterocycles. The molecular formula is C16H28IN3OS. The van der Waals surface area contributed by atoms with Gasteiger partial charge in [-0.25, -0.2) is 0 Å². The van der Waals surface area contributed by atoms with E-state index in [-0.39, 0.29) is 24.0 Å². The van der Waals surface area contributed by atoms with Crippen LogP contribution in [-0.4, -0.2) is 45.1 Å². The molecule has 0 amide bonds. The van der Waals surface area contributed by atoms with Gasteiger partial charge >= 0.3 is 0 Å². The van der Waals surface area contributed by atoms with Crippen LogP contribution in [0.3, 0.4) is 0 Å². The first-order chi connectivity index (χ1) is 10.4. The Bertz CT molecular complexity index is 390. The van der Waals surface area contributed by atoms with Crippen LogP contribution in [0.15, 0.2) is 40.2 Å². The highest BCUT2D eigenvalue weighted by Crippen LogP contribution is 2.15. The molecule has 0 aliphatic rings. The molecule has 0 radical (unpaired) electrons. The zero-order chi connectivity index (χ0) is 15.2. The average Bonchev–Trinajstić information content (AvgIpc) is 2.53. The van der Waals surface area contributed by atoms with Crippen molar-refractivity contribution in [2.75, 3.05) is 39.1 Å². The first kappa shape index (κ1) is 21.5. The Hall–Kier alpha value is -0.470. The molecule has 0 aromatic heterocycles. The second-order valence-corrected chi connectivity index (χ2v) is 5.72. The van der Waals surface area contributed by atoms with Gasteiger partial charge in [-0.1, -0.05) is 31.5 Å². The van der Waals surface area contributed by atoms with E-state index in [1.807, 2.05) is 17.8 Å². The number of hydrogen-bond acceptors (Lipinski definition) is 3. The third-order valence-corrected chi connectivity index (χ3v) is 3.82. The minimum absolute atomic E-state index is 0. The number of unbranched alkanes of at least 4 members (excludes halogenated alkanes) is 1. The van der Waals surface area contributed by atoms with Crippen LogP contribution in [0.1, 0.15) is 19.8 Å². The summed E-state index contributed by atoms with van der Waals surface area (Å²) in [6, 6.07) is 10.4. The third kappa shape index (κ3) is 11.1. The van der Waals surface area contributed by atoms with E-state index in [1.54, 1.807) is 7.05 Å². The lowest BCUT2D eigenvalue weighted by atomic mass is 10.4. The molecule has 0 heterocycles. The summed E-state index contributed by atoms with van der Waals surface area (Å²) in [6.45, 7) is 5.41. The number of nitrogens with zero attached hydrogens (tertiary/aromatic N) is 1. The molecule has 6 heteroatoms. The van der Waals surface area contributed by atoms with Crippen LogP contribution in [0, 0.1) is 0 Å². The fourth-order valence-corrected chi connectivity index (χ4v) is 2.46. The predicted octanol–water partition coefficient (Wildman–Crippen LogP) is 3.38. The molecule has 1 aromatic carbocycles. The maximum Gasteiger partial charge on any atom is 0.191 e. The van der Waals surface area contributed by atoms with Gasteiger partial charge in [-0.2, -0.15) is 0 Å². The van der Waals surface area contributed by atoms with E-state index in [2.05, 4.69) is 46.8 Å². The topological polar surface area (TPSA) is 45.6 Å². The van der Waals surface area contributed by atoms with Crippen LogP contribution in [0.4, 0.5) is 0 Å². The molecule has 1 rings (SSSR count). The number of benzene rings is 1. The molecule has 0 saturated carbocycles. The second kappa shape index (κ2) is 15.4. The summed E-state index contributed by atoms with van der Waals surface area (Å²) in [5.41, 5.74) is 0. The predicted molar refractivity (Wildman–Crippen MR) is 108 cm³/mol. The van der Waals surface area contributed by atoms with Crippen molar-refractivity contribution in [3.63, 3.8) is 0 Å². The van der Waals surface area contributed by atoms with Crippen molar-refractivity contribution in [3.8, 4) is 0 Å². The summed E-state index contributed by atoms with van der Waals surface area (Å²) in [7, 11) is 1.79. The number of rotatable bonds is 10. The number of nitrogens with one attached hydrogen (secondary N) is 2. The maximum atomic E-state index is 5.50. The van der Waals surface area contributed by atoms with Crippen LogP contribution < -0.4 is 10.6 Å². The standard InChI is InChI=1S/C16H27N3OS.HI/c1-3-4-12-20-13-10-18-16(17-2)19-11-14-21-15-8-6-5-7-9-15;/h5-9H,3-4,10-14H2,1-2H3,(H2,17,18,19);1H. The summed E-state index contributed by atoms with van der Waals surface area (Å²) in [4.78, 5) is 5.49. The Morgan fingerprint density at radius 2 is 1.86 bits per heavy atom. The zero-order valence-corrected chi connectivity index (χ0v) is 16.7. The molecular weight excluding hydrogens is 409 g/mol. The van der Waals surface area contributed by atoms with Gasteiger partial charge in [-0.3, -0.25) is 4.99 Å². The Kier molecular flexibility index (Phi) is 15.1. The van der Waals surface area contributed by atoms with Gasteiger partial charge in [-0.15, -0.1) is 35.7 Å². The minimum Gasteiger partial charge on any atom is -0.380 e. The largest absolute Gasteiger partial charge is 0.380 e. The SMILES string of the molecule is CCCCOCCNC(=NC)NCCSc1ccccc1.I. The molecule has 0 aliphatic heterocycles. The Morgan fingerprint density at radius 3 is 2.55 bits per heavy atom. The van der Waals surface area contributed by atoms with Crippen LogP contribution in [0.2, 0.25) is 0 Å². The summed E-state index contributed by atoms with van der Waals surface area (Å²) in [6.07, 6.45) is 2.30. The van der Waals surface area contributed by atoms with E-state index in [4.69, 9.17) is 4.74 Å². The fraction of sp³-hybridized carbons (Fsp3) is 0.562. The van der Waals surface area contributed by atoms with Crippen LogP contribution in [0.25, 0.3) is 0 Å². The van der Waals surface area contributed by atoms with Gasteiger partial charge in [0.1, 0.15) is 0 Å². The molecule has 0 bridgehead atoms. The van der Waals surface area contributed by atoms with Gasteiger partial charge in [-0.05, 0) is 18.6 Å². The molecule has 2 N–H and O–H groups in total. The molecule has 0 atom stereocenters. The van der Waals surface area contributed by atoms with E-state index in [0.29, 0.717) is 0 Å². The lowest BCUT2D eigenvalue weighted by molar-refractivity contribution is 0.136. The second-order valence-electron chi connectivity index (χ2n) is 4.55. The molecule has 0 unspecified atom stereocenters. The van der Waals surface area contributed by atoms with Crippen molar-refractivity contribution >= 4 is 41.7 Å². The maximum absolute atomic E-state index is 5.50. The monoisotopic (exact) mass is 437 g/mol. The third-order valence-electron chi connectivity index (χ3n) is 2.81. The number of hydrogen-bond donors (Lipinski definition) is 2. The molecule has 0 aliphatic carbocycles. The number of thioether (sulfide) groups is 1. The Balaban J connectivity index is 0.00000441. The minimum atomic E-state index is 0. The quantitative estimate of drug-likeness (QED) is 0.194. The van der Waals surface area contributed by atoms with Crippen molar-refractivity contribution < 1.29 is 4.74 Å². The zero-order valence-electron chi connectivity index (χ0n) is 13.5. The van der Waals surface area contributed by atoms with E-state index in [1.165, 1.54) is 11.3 Å². The van der Waals surface area contributed by atoms with Gasteiger partial charge in [0, 0.05) is 37.4 Å². The van der Waals surface area contributed by atoms with Gasteiger partial charge < -0.3 is 15.4 Å². The van der Waals surface area contributed by atoms with Crippen LogP contribution in [-0.2, 0) is 4.74 Å². The van der Waals surface area contributed by atoms with E-state index in [9.17, 15) is 0 Å². The fourth-order valence-electron chi connectivity index (χ4n) is 1.67. The van der Waals surface area contributed by atoms with Gasteiger partial charge in [0.05, 0.1) is 6.61 Å². The van der Waals surface area contributed by atoms with Crippen LogP contribution >= 0.6 is 35.7 Å². The molecule has 0 spiro atoms. The lowest BCUT2D eigenvalue weighted by Gasteiger charge is -2.11. The Labute approximate surface area is 155 Å². The number of ether oxygens (including phenoxy) is 1. The highest BCUT2D eigenvalue weighted by Gasteiger charge is 1.97. The van der Waals surface area contributed by atoms with E-state index in [0.717, 1.165) is 44.4 Å². The highest BCUT2D eigenvalue weighted by molar-refractivity contribution is 14.0.